The third kappa shape index (κ3) is 4.43. The van der Waals surface area contributed by atoms with Gasteiger partial charge < -0.3 is 14.5 Å². The second-order valence-electron chi connectivity index (χ2n) is 8.19. The molecule has 5 rings (SSSR count). The topological polar surface area (TPSA) is 106 Å². The van der Waals surface area contributed by atoms with Crippen LogP contribution in [0.25, 0.3) is 11.0 Å². The molecule has 1 aliphatic rings. The maximum absolute atomic E-state index is 13.2. The Morgan fingerprint density at radius 1 is 1.00 bits per heavy atom. The Morgan fingerprint density at radius 3 is 2.54 bits per heavy atom. The highest BCUT2D eigenvalue weighted by molar-refractivity contribution is 7.89. The lowest BCUT2D eigenvalue weighted by molar-refractivity contribution is 0.102. The number of nitrogens with zero attached hydrogens (tertiary/aromatic N) is 1. The molecule has 3 aromatic carbocycles. The Morgan fingerprint density at radius 2 is 1.77 bits per heavy atom. The molecule has 1 aliphatic heterocycles. The van der Waals surface area contributed by atoms with E-state index in [2.05, 4.69) is 5.32 Å². The second kappa shape index (κ2) is 9.01. The number of hydrogen-bond donors (Lipinski definition) is 1. The maximum atomic E-state index is 13.2. The van der Waals surface area contributed by atoms with Gasteiger partial charge in [-0.05, 0) is 66.1 Å². The van der Waals surface area contributed by atoms with Crippen LogP contribution in [0.2, 0.25) is 0 Å². The van der Waals surface area contributed by atoms with E-state index in [-0.39, 0.29) is 17.0 Å². The molecule has 0 spiro atoms. The van der Waals surface area contributed by atoms with Crippen molar-refractivity contribution >= 4 is 32.6 Å². The summed E-state index contributed by atoms with van der Waals surface area (Å²) in [6, 6.07) is 20.1. The van der Waals surface area contributed by atoms with Crippen LogP contribution in [-0.2, 0) is 23.0 Å². The Bertz CT molecular complexity index is 1590. The molecule has 35 heavy (non-hydrogen) atoms. The van der Waals surface area contributed by atoms with Crippen LogP contribution < -0.4 is 15.7 Å². The molecule has 0 bridgehead atoms. The van der Waals surface area contributed by atoms with Crippen LogP contribution in [0.3, 0.4) is 0 Å². The van der Waals surface area contributed by atoms with Crippen molar-refractivity contribution in [3.05, 3.63) is 99.9 Å². The summed E-state index contributed by atoms with van der Waals surface area (Å²) >= 11 is 0. The number of benzene rings is 3. The van der Waals surface area contributed by atoms with Gasteiger partial charge in [-0.15, -0.1) is 0 Å². The fourth-order valence-corrected chi connectivity index (χ4v) is 5.55. The fourth-order valence-electron chi connectivity index (χ4n) is 4.13. The van der Waals surface area contributed by atoms with Crippen molar-refractivity contribution in [2.24, 2.45) is 0 Å². The van der Waals surface area contributed by atoms with Crippen LogP contribution in [0.15, 0.2) is 86.9 Å². The van der Waals surface area contributed by atoms with Gasteiger partial charge in [0, 0.05) is 24.2 Å². The molecule has 0 fully saturated rings. The first-order valence-electron chi connectivity index (χ1n) is 11.0. The van der Waals surface area contributed by atoms with Crippen molar-refractivity contribution in [1.82, 2.24) is 4.31 Å². The minimum absolute atomic E-state index is 0.106. The molecule has 0 unspecified atom stereocenters. The number of hydrogen-bond acceptors (Lipinski definition) is 6. The lowest BCUT2D eigenvalue weighted by atomic mass is 10.0. The van der Waals surface area contributed by atoms with Gasteiger partial charge in [-0.2, -0.15) is 4.31 Å². The first-order valence-corrected chi connectivity index (χ1v) is 12.4. The molecular formula is C26H22N2O6S. The number of ether oxygens (including phenoxy) is 1. The van der Waals surface area contributed by atoms with E-state index < -0.39 is 21.6 Å². The van der Waals surface area contributed by atoms with Crippen LogP contribution in [-0.4, -0.2) is 32.3 Å². The lowest BCUT2D eigenvalue weighted by Crippen LogP contribution is -2.36. The zero-order valence-electron chi connectivity index (χ0n) is 18.9. The minimum Gasteiger partial charge on any atom is -0.497 e. The number of fused-ring (bicyclic) bond motifs is 2. The molecule has 8 nitrogen and oxygen atoms in total. The number of para-hydroxylation sites is 1. The van der Waals surface area contributed by atoms with Crippen molar-refractivity contribution in [3.63, 3.8) is 0 Å². The smallest absolute Gasteiger partial charge is 0.349 e. The Kier molecular flexibility index (Phi) is 5.88. The molecule has 0 radical (unpaired) electrons. The highest BCUT2D eigenvalue weighted by Gasteiger charge is 2.28. The predicted octanol–water partition coefficient (Wildman–Crippen LogP) is 3.80. The molecule has 0 saturated heterocycles. The van der Waals surface area contributed by atoms with E-state index >= 15 is 0 Å². The summed E-state index contributed by atoms with van der Waals surface area (Å²) in [5.74, 6) is -0.0169. The summed E-state index contributed by atoms with van der Waals surface area (Å²) in [5.41, 5.74) is 1.83. The summed E-state index contributed by atoms with van der Waals surface area (Å²) in [6.07, 6.45) is 0.549. The molecule has 0 atom stereocenters. The Labute approximate surface area is 201 Å². The van der Waals surface area contributed by atoms with Gasteiger partial charge in [-0.25, -0.2) is 13.2 Å². The normalized spacial score (nSPS) is 13.9. The van der Waals surface area contributed by atoms with Crippen LogP contribution >= 0.6 is 0 Å². The van der Waals surface area contributed by atoms with Gasteiger partial charge >= 0.3 is 5.63 Å². The van der Waals surface area contributed by atoms with Gasteiger partial charge in [-0.1, -0.05) is 24.3 Å². The average Bonchev–Trinajstić information content (AvgIpc) is 2.87. The summed E-state index contributed by atoms with van der Waals surface area (Å²) < 4.78 is 38.1. The van der Waals surface area contributed by atoms with Crippen molar-refractivity contribution < 1.29 is 22.4 Å². The summed E-state index contributed by atoms with van der Waals surface area (Å²) in [6.45, 7) is 0.525. The van der Waals surface area contributed by atoms with Gasteiger partial charge in [0.15, 0.2) is 0 Å². The number of amides is 1. The summed E-state index contributed by atoms with van der Waals surface area (Å²) in [4.78, 5) is 25.3. The van der Waals surface area contributed by atoms with Crippen molar-refractivity contribution in [2.45, 2.75) is 17.9 Å². The Hall–Kier alpha value is -3.95. The van der Waals surface area contributed by atoms with Gasteiger partial charge in [-0.3, -0.25) is 4.79 Å². The predicted molar refractivity (Wildman–Crippen MR) is 131 cm³/mol. The fraction of sp³-hybridized carbons (Fsp3) is 0.154. The number of sulfonamides is 1. The molecule has 4 aromatic rings. The molecule has 2 heterocycles. The molecule has 1 amide bonds. The highest BCUT2D eigenvalue weighted by atomic mass is 32.2. The molecule has 9 heteroatoms. The summed E-state index contributed by atoms with van der Waals surface area (Å²) in [5, 5.41) is 3.37. The SMILES string of the molecule is COc1ccc(S(=O)(=O)N2CCc3ccc(NC(=O)c4cc5ccccc5oc4=O)cc3C2)cc1. The first-order chi connectivity index (χ1) is 16.8. The molecule has 1 aromatic heterocycles. The van der Waals surface area contributed by atoms with Crippen molar-refractivity contribution in [3.8, 4) is 5.75 Å². The van der Waals surface area contributed by atoms with E-state index in [1.54, 1.807) is 48.5 Å². The standard InChI is InChI=1S/C26H22N2O6S/c1-33-21-8-10-22(11-9-21)35(31,32)28-13-12-17-6-7-20(14-19(17)16-28)27-25(29)23-15-18-4-2-3-5-24(18)34-26(23)30/h2-11,14-15H,12-13,16H2,1H3,(H,27,29). The van der Waals surface area contributed by atoms with Gasteiger partial charge in [0.1, 0.15) is 16.9 Å². The van der Waals surface area contributed by atoms with E-state index in [1.165, 1.54) is 29.6 Å². The first kappa shape index (κ1) is 22.8. The monoisotopic (exact) mass is 490 g/mol. The third-order valence-corrected chi connectivity index (χ3v) is 7.88. The zero-order valence-corrected chi connectivity index (χ0v) is 19.7. The van der Waals surface area contributed by atoms with E-state index in [0.29, 0.717) is 35.4 Å². The van der Waals surface area contributed by atoms with Crippen molar-refractivity contribution in [2.75, 3.05) is 19.0 Å². The van der Waals surface area contributed by atoms with Crippen molar-refractivity contribution in [1.29, 1.82) is 0 Å². The highest BCUT2D eigenvalue weighted by Crippen LogP contribution is 2.28. The van der Waals surface area contributed by atoms with Gasteiger partial charge in [0.05, 0.1) is 12.0 Å². The molecule has 0 saturated carbocycles. The lowest BCUT2D eigenvalue weighted by Gasteiger charge is -2.28. The van der Waals surface area contributed by atoms with Crippen LogP contribution in [0.5, 0.6) is 5.75 Å². The minimum atomic E-state index is -3.70. The second-order valence-corrected chi connectivity index (χ2v) is 10.1. The zero-order chi connectivity index (χ0) is 24.6. The number of carbonyl (C=O) groups excluding carboxylic acids is 1. The third-order valence-electron chi connectivity index (χ3n) is 6.02. The largest absolute Gasteiger partial charge is 0.497 e. The van der Waals surface area contributed by atoms with Crippen LogP contribution in [0, 0.1) is 0 Å². The maximum Gasteiger partial charge on any atom is 0.349 e. The van der Waals surface area contributed by atoms with E-state index in [9.17, 15) is 18.0 Å². The summed E-state index contributed by atoms with van der Waals surface area (Å²) in [7, 11) is -2.18. The molecule has 0 aliphatic carbocycles. The van der Waals surface area contributed by atoms with E-state index in [0.717, 1.165) is 11.1 Å². The van der Waals surface area contributed by atoms with Gasteiger partial charge in [0.2, 0.25) is 10.0 Å². The molecule has 178 valence electrons. The number of nitrogens with one attached hydrogen (secondary N) is 1. The van der Waals surface area contributed by atoms with Crippen LogP contribution in [0.4, 0.5) is 5.69 Å². The number of anilines is 1. The molecule has 1 N–H and O–H groups in total. The van der Waals surface area contributed by atoms with Gasteiger partial charge in [0.25, 0.3) is 5.91 Å². The quantitative estimate of drug-likeness (QED) is 0.427. The Balaban J connectivity index is 1.37. The average molecular weight is 491 g/mol. The van der Waals surface area contributed by atoms with E-state index in [1.807, 2.05) is 6.07 Å². The number of rotatable bonds is 5. The number of carbonyl (C=O) groups is 1. The number of methoxy groups -OCH3 is 1. The molecular weight excluding hydrogens is 468 g/mol. The van der Waals surface area contributed by atoms with E-state index in [4.69, 9.17) is 9.15 Å². The van der Waals surface area contributed by atoms with Crippen LogP contribution in [0.1, 0.15) is 21.5 Å².